The van der Waals surface area contributed by atoms with Gasteiger partial charge >= 0.3 is 0 Å². The fourth-order valence-electron chi connectivity index (χ4n) is 1.13. The van der Waals surface area contributed by atoms with E-state index in [2.05, 4.69) is 20.8 Å². The van der Waals surface area contributed by atoms with Gasteiger partial charge in [-0.1, -0.05) is 26.7 Å². The lowest BCUT2D eigenvalue weighted by molar-refractivity contribution is 0.0374. The van der Waals surface area contributed by atoms with E-state index >= 15 is 0 Å². The SMILES string of the molecule is [CH2]C(O)N(CCCC)CCCC. The van der Waals surface area contributed by atoms with E-state index in [1.54, 1.807) is 0 Å². The summed E-state index contributed by atoms with van der Waals surface area (Å²) >= 11 is 0. The molecule has 1 N–H and O–H groups in total. The van der Waals surface area contributed by atoms with Crippen molar-refractivity contribution in [3.63, 3.8) is 0 Å². The van der Waals surface area contributed by atoms with Gasteiger partial charge in [-0.15, -0.1) is 0 Å². The maximum atomic E-state index is 9.28. The summed E-state index contributed by atoms with van der Waals surface area (Å²) in [6.07, 6.45) is 4.13. The molecule has 0 spiro atoms. The molecule has 0 aromatic heterocycles. The third-order valence-electron chi connectivity index (χ3n) is 2.02. The third kappa shape index (κ3) is 5.56. The lowest BCUT2D eigenvalue weighted by Gasteiger charge is -2.24. The molecule has 0 heterocycles. The number of hydrogen-bond donors (Lipinski definition) is 1. The summed E-state index contributed by atoms with van der Waals surface area (Å²) < 4.78 is 0. The Hall–Kier alpha value is -0.0800. The van der Waals surface area contributed by atoms with E-state index in [-0.39, 0.29) is 0 Å². The largest absolute Gasteiger partial charge is 0.378 e. The Kier molecular flexibility index (Phi) is 7.51. The average Bonchev–Trinajstić information content (AvgIpc) is 2.04. The van der Waals surface area contributed by atoms with Gasteiger partial charge in [0.25, 0.3) is 0 Å². The maximum absolute atomic E-state index is 9.28. The predicted octanol–water partition coefficient (Wildman–Crippen LogP) is 2.04. The Morgan fingerprint density at radius 3 is 1.83 bits per heavy atom. The first-order valence-corrected chi connectivity index (χ1v) is 4.97. The highest BCUT2D eigenvalue weighted by molar-refractivity contribution is 4.62. The maximum Gasteiger partial charge on any atom is 0.107 e. The van der Waals surface area contributed by atoms with Crippen molar-refractivity contribution in [3.05, 3.63) is 6.92 Å². The molecular formula is C10H22NO. The van der Waals surface area contributed by atoms with Gasteiger partial charge in [-0.25, -0.2) is 0 Å². The molecule has 0 aliphatic carbocycles. The number of unbranched alkanes of at least 4 members (excludes halogenated alkanes) is 2. The van der Waals surface area contributed by atoms with Crippen molar-refractivity contribution in [2.75, 3.05) is 13.1 Å². The molecule has 2 nitrogen and oxygen atoms in total. The van der Waals surface area contributed by atoms with Crippen LogP contribution >= 0.6 is 0 Å². The van der Waals surface area contributed by atoms with Crippen molar-refractivity contribution in [2.45, 2.75) is 45.8 Å². The van der Waals surface area contributed by atoms with Gasteiger partial charge in [0.05, 0.1) is 0 Å². The molecule has 0 amide bonds. The highest BCUT2D eigenvalue weighted by Crippen LogP contribution is 2.01. The Bertz CT molecular complexity index is 85.8. The fourth-order valence-corrected chi connectivity index (χ4v) is 1.13. The number of aliphatic hydroxyl groups excluding tert-OH is 1. The molecule has 0 bridgehead atoms. The second kappa shape index (κ2) is 7.56. The van der Waals surface area contributed by atoms with Crippen LogP contribution in [-0.2, 0) is 0 Å². The first kappa shape index (κ1) is 11.9. The molecule has 0 aliphatic rings. The van der Waals surface area contributed by atoms with Crippen LogP contribution in [0.4, 0.5) is 0 Å². The van der Waals surface area contributed by atoms with E-state index in [1.807, 2.05) is 4.90 Å². The molecule has 1 atom stereocenters. The number of hydrogen-bond acceptors (Lipinski definition) is 2. The summed E-state index contributed by atoms with van der Waals surface area (Å²) in [7, 11) is 0. The number of aliphatic hydroxyl groups is 1. The summed E-state index contributed by atoms with van der Waals surface area (Å²) in [5.74, 6) is 0. The van der Waals surface area contributed by atoms with E-state index in [0.717, 1.165) is 25.9 Å². The molecule has 12 heavy (non-hydrogen) atoms. The number of nitrogens with zero attached hydrogens (tertiary/aromatic N) is 1. The molecule has 73 valence electrons. The smallest absolute Gasteiger partial charge is 0.107 e. The summed E-state index contributed by atoms with van der Waals surface area (Å²) in [4.78, 5) is 2.03. The van der Waals surface area contributed by atoms with Crippen LogP contribution in [0.1, 0.15) is 39.5 Å². The molecule has 1 unspecified atom stereocenters. The van der Waals surface area contributed by atoms with Crippen LogP contribution < -0.4 is 0 Å². The topological polar surface area (TPSA) is 23.5 Å². The normalized spacial score (nSPS) is 13.8. The van der Waals surface area contributed by atoms with E-state index in [9.17, 15) is 5.11 Å². The van der Waals surface area contributed by atoms with Crippen LogP contribution in [0.2, 0.25) is 0 Å². The van der Waals surface area contributed by atoms with E-state index < -0.39 is 6.23 Å². The van der Waals surface area contributed by atoms with Crippen molar-refractivity contribution in [2.24, 2.45) is 0 Å². The minimum atomic E-state index is -0.525. The summed E-state index contributed by atoms with van der Waals surface area (Å²) in [6, 6.07) is 0. The lowest BCUT2D eigenvalue weighted by atomic mass is 10.2. The zero-order valence-electron chi connectivity index (χ0n) is 8.42. The van der Waals surface area contributed by atoms with Crippen LogP contribution in [0.3, 0.4) is 0 Å². The lowest BCUT2D eigenvalue weighted by Crippen LogP contribution is -2.34. The molecule has 0 fully saturated rings. The van der Waals surface area contributed by atoms with Gasteiger partial charge in [0.2, 0.25) is 0 Å². The van der Waals surface area contributed by atoms with Crippen molar-refractivity contribution in [1.82, 2.24) is 4.90 Å². The van der Waals surface area contributed by atoms with Crippen LogP contribution in [0.15, 0.2) is 0 Å². The summed E-state index contributed by atoms with van der Waals surface area (Å²) in [5, 5.41) is 9.28. The van der Waals surface area contributed by atoms with Crippen LogP contribution in [-0.4, -0.2) is 29.3 Å². The van der Waals surface area contributed by atoms with Crippen molar-refractivity contribution < 1.29 is 5.11 Å². The Morgan fingerprint density at radius 2 is 1.58 bits per heavy atom. The fraction of sp³-hybridized carbons (Fsp3) is 0.900. The van der Waals surface area contributed by atoms with E-state index in [1.165, 1.54) is 12.8 Å². The minimum absolute atomic E-state index is 0.525. The third-order valence-corrected chi connectivity index (χ3v) is 2.02. The molecule has 0 aromatic rings. The number of rotatable bonds is 7. The van der Waals surface area contributed by atoms with Crippen LogP contribution in [0, 0.1) is 6.92 Å². The van der Waals surface area contributed by atoms with Crippen molar-refractivity contribution in [1.29, 1.82) is 0 Å². The summed E-state index contributed by atoms with van der Waals surface area (Å²) in [6.45, 7) is 9.89. The highest BCUT2D eigenvalue weighted by Gasteiger charge is 2.08. The van der Waals surface area contributed by atoms with E-state index in [4.69, 9.17) is 0 Å². The Morgan fingerprint density at radius 1 is 1.17 bits per heavy atom. The summed E-state index contributed by atoms with van der Waals surface area (Å²) in [5.41, 5.74) is 0. The molecular weight excluding hydrogens is 150 g/mol. The van der Waals surface area contributed by atoms with Gasteiger partial charge in [0.1, 0.15) is 6.23 Å². The standard InChI is InChI=1S/C10H22NO/c1-4-6-8-11(10(3)12)9-7-5-2/h10,12H,3-9H2,1-2H3. The zero-order chi connectivity index (χ0) is 9.40. The van der Waals surface area contributed by atoms with Gasteiger partial charge in [-0.3, -0.25) is 4.90 Å². The van der Waals surface area contributed by atoms with E-state index in [0.29, 0.717) is 0 Å². The van der Waals surface area contributed by atoms with Gasteiger partial charge in [-0.05, 0) is 19.8 Å². The molecule has 1 radical (unpaired) electrons. The first-order chi connectivity index (χ1) is 5.72. The molecule has 0 saturated heterocycles. The van der Waals surface area contributed by atoms with Gasteiger partial charge < -0.3 is 5.11 Å². The quantitative estimate of drug-likeness (QED) is 0.594. The Balaban J connectivity index is 3.55. The van der Waals surface area contributed by atoms with Crippen molar-refractivity contribution in [3.8, 4) is 0 Å². The first-order valence-electron chi connectivity index (χ1n) is 4.97. The average molecular weight is 172 g/mol. The van der Waals surface area contributed by atoms with Crippen LogP contribution in [0.5, 0.6) is 0 Å². The molecule has 0 rings (SSSR count). The Labute approximate surface area is 76.6 Å². The van der Waals surface area contributed by atoms with Gasteiger partial charge in [-0.2, -0.15) is 0 Å². The monoisotopic (exact) mass is 172 g/mol. The molecule has 0 saturated carbocycles. The van der Waals surface area contributed by atoms with Crippen molar-refractivity contribution >= 4 is 0 Å². The second-order valence-corrected chi connectivity index (χ2v) is 3.22. The molecule has 0 aliphatic heterocycles. The van der Waals surface area contributed by atoms with Gasteiger partial charge in [0.15, 0.2) is 0 Å². The minimum Gasteiger partial charge on any atom is -0.378 e. The van der Waals surface area contributed by atoms with Crippen LogP contribution in [0.25, 0.3) is 0 Å². The second-order valence-electron chi connectivity index (χ2n) is 3.22. The molecule has 2 heteroatoms. The van der Waals surface area contributed by atoms with Gasteiger partial charge in [0, 0.05) is 13.1 Å². The molecule has 0 aromatic carbocycles. The predicted molar refractivity (Wildman–Crippen MR) is 52.8 cm³/mol. The zero-order valence-corrected chi connectivity index (χ0v) is 8.42. The highest BCUT2D eigenvalue weighted by atomic mass is 16.3.